The molecule has 1 saturated heterocycles. The Labute approximate surface area is 99.0 Å². The Morgan fingerprint density at radius 1 is 1.67 bits per heavy atom. The molecule has 2 atom stereocenters. The molecule has 1 fully saturated rings. The van der Waals surface area contributed by atoms with E-state index in [2.05, 4.69) is 34.9 Å². The van der Waals surface area contributed by atoms with Crippen LogP contribution in [0, 0.1) is 0 Å². The van der Waals surface area contributed by atoms with Crippen LogP contribution in [0.3, 0.4) is 0 Å². The minimum Gasteiger partial charge on any atom is -0.300 e. The molecule has 0 aromatic carbocycles. The summed E-state index contributed by atoms with van der Waals surface area (Å²) in [7, 11) is 2.18. The summed E-state index contributed by atoms with van der Waals surface area (Å²) in [6.45, 7) is 1.15. The Bertz CT molecular complexity index is 289. The van der Waals surface area contributed by atoms with Crippen LogP contribution in [0.1, 0.15) is 10.9 Å². The number of nitrogens with zero attached hydrogens (tertiary/aromatic N) is 1. The standard InChI is InChI=1S/C10H17N3S2/c1-13-4-6-14-7-8(13)10(12-11)9-3-2-5-15-9/h2-3,5,8,10,12H,4,6-7,11H2,1H3. The van der Waals surface area contributed by atoms with Gasteiger partial charge in [0, 0.05) is 29.0 Å². The first-order chi connectivity index (χ1) is 7.33. The van der Waals surface area contributed by atoms with Crippen molar-refractivity contribution in [2.24, 2.45) is 5.84 Å². The van der Waals surface area contributed by atoms with Gasteiger partial charge in [0.1, 0.15) is 0 Å². The van der Waals surface area contributed by atoms with Crippen molar-refractivity contribution in [2.45, 2.75) is 12.1 Å². The first-order valence-corrected chi connectivity index (χ1v) is 7.14. The monoisotopic (exact) mass is 243 g/mol. The SMILES string of the molecule is CN1CCSCC1C(NN)c1cccs1. The predicted octanol–water partition coefficient (Wildman–Crippen LogP) is 1.30. The summed E-state index contributed by atoms with van der Waals surface area (Å²) >= 11 is 3.79. The van der Waals surface area contributed by atoms with Gasteiger partial charge in [-0.2, -0.15) is 11.8 Å². The zero-order chi connectivity index (χ0) is 10.7. The highest BCUT2D eigenvalue weighted by Crippen LogP contribution is 2.28. The normalized spacial score (nSPS) is 25.3. The molecule has 1 aliphatic heterocycles. The molecule has 15 heavy (non-hydrogen) atoms. The highest BCUT2D eigenvalue weighted by Gasteiger charge is 2.28. The van der Waals surface area contributed by atoms with Gasteiger partial charge in [-0.1, -0.05) is 6.07 Å². The van der Waals surface area contributed by atoms with Crippen LogP contribution in [0.2, 0.25) is 0 Å². The number of hydrazine groups is 1. The highest BCUT2D eigenvalue weighted by atomic mass is 32.2. The molecule has 3 nitrogen and oxygen atoms in total. The number of rotatable bonds is 3. The van der Waals surface area contributed by atoms with Crippen molar-refractivity contribution in [1.29, 1.82) is 0 Å². The Kier molecular flexibility index (Phi) is 4.05. The molecule has 0 saturated carbocycles. The smallest absolute Gasteiger partial charge is 0.0716 e. The van der Waals surface area contributed by atoms with Gasteiger partial charge in [0.2, 0.25) is 0 Å². The molecular formula is C10H17N3S2. The minimum atomic E-state index is 0.266. The quantitative estimate of drug-likeness (QED) is 0.620. The lowest BCUT2D eigenvalue weighted by molar-refractivity contribution is 0.218. The topological polar surface area (TPSA) is 41.3 Å². The average Bonchev–Trinajstić information content (AvgIpc) is 2.75. The number of nitrogens with one attached hydrogen (secondary N) is 1. The van der Waals surface area contributed by atoms with Gasteiger partial charge in [-0.15, -0.1) is 11.3 Å². The zero-order valence-electron chi connectivity index (χ0n) is 8.85. The number of hydrogen-bond donors (Lipinski definition) is 2. The summed E-state index contributed by atoms with van der Waals surface area (Å²) in [4.78, 5) is 3.73. The van der Waals surface area contributed by atoms with E-state index >= 15 is 0 Å². The molecule has 1 aliphatic rings. The fourth-order valence-electron chi connectivity index (χ4n) is 1.91. The van der Waals surface area contributed by atoms with Gasteiger partial charge in [0.05, 0.1) is 6.04 Å². The van der Waals surface area contributed by atoms with Crippen LogP contribution >= 0.6 is 23.1 Å². The Hall–Kier alpha value is -0.0700. The maximum atomic E-state index is 5.68. The van der Waals surface area contributed by atoms with E-state index in [0.717, 1.165) is 12.3 Å². The van der Waals surface area contributed by atoms with E-state index in [1.807, 2.05) is 11.8 Å². The summed E-state index contributed by atoms with van der Waals surface area (Å²) in [5, 5.41) is 2.11. The van der Waals surface area contributed by atoms with Crippen LogP contribution in [0.25, 0.3) is 0 Å². The number of hydrogen-bond acceptors (Lipinski definition) is 5. The number of thioether (sulfide) groups is 1. The second-order valence-electron chi connectivity index (χ2n) is 3.78. The van der Waals surface area contributed by atoms with Crippen LogP contribution in [-0.2, 0) is 0 Å². The maximum Gasteiger partial charge on any atom is 0.0716 e. The summed E-state index contributed by atoms with van der Waals surface area (Å²) < 4.78 is 0. The fraction of sp³-hybridized carbons (Fsp3) is 0.600. The van der Waals surface area contributed by atoms with Crippen molar-refractivity contribution >= 4 is 23.1 Å². The van der Waals surface area contributed by atoms with E-state index in [-0.39, 0.29) is 6.04 Å². The van der Waals surface area contributed by atoms with Crippen LogP contribution < -0.4 is 11.3 Å². The molecule has 2 unspecified atom stereocenters. The average molecular weight is 243 g/mol. The summed E-state index contributed by atoms with van der Waals surface area (Å²) in [6, 6.07) is 5.01. The van der Waals surface area contributed by atoms with E-state index in [1.165, 1.54) is 10.6 Å². The second kappa shape index (κ2) is 5.32. The fourth-order valence-corrected chi connectivity index (χ4v) is 4.02. The van der Waals surface area contributed by atoms with Crippen molar-refractivity contribution in [3.05, 3.63) is 22.4 Å². The highest BCUT2D eigenvalue weighted by molar-refractivity contribution is 7.99. The Balaban J connectivity index is 2.11. The maximum absolute atomic E-state index is 5.68. The van der Waals surface area contributed by atoms with Crippen LogP contribution in [0.15, 0.2) is 17.5 Å². The third-order valence-corrected chi connectivity index (χ3v) is 4.86. The lowest BCUT2D eigenvalue weighted by Gasteiger charge is -2.37. The lowest BCUT2D eigenvalue weighted by atomic mass is 10.1. The molecular weight excluding hydrogens is 226 g/mol. The second-order valence-corrected chi connectivity index (χ2v) is 5.91. The molecule has 0 bridgehead atoms. The van der Waals surface area contributed by atoms with Gasteiger partial charge in [-0.3, -0.25) is 16.2 Å². The van der Waals surface area contributed by atoms with E-state index in [1.54, 1.807) is 11.3 Å². The first kappa shape index (κ1) is 11.4. The van der Waals surface area contributed by atoms with Crippen molar-refractivity contribution in [1.82, 2.24) is 10.3 Å². The van der Waals surface area contributed by atoms with E-state index < -0.39 is 0 Å². The van der Waals surface area contributed by atoms with E-state index in [9.17, 15) is 0 Å². The summed E-state index contributed by atoms with van der Waals surface area (Å²) in [5.74, 6) is 8.06. The molecule has 0 amide bonds. The molecule has 0 aliphatic carbocycles. The van der Waals surface area contributed by atoms with Gasteiger partial charge in [-0.05, 0) is 18.5 Å². The van der Waals surface area contributed by atoms with E-state index in [4.69, 9.17) is 5.84 Å². The van der Waals surface area contributed by atoms with Gasteiger partial charge in [0.15, 0.2) is 0 Å². The molecule has 84 valence electrons. The van der Waals surface area contributed by atoms with Crippen molar-refractivity contribution < 1.29 is 0 Å². The van der Waals surface area contributed by atoms with Crippen LogP contribution in [0.4, 0.5) is 0 Å². The Morgan fingerprint density at radius 3 is 3.13 bits per heavy atom. The number of likely N-dealkylation sites (N-methyl/N-ethyl adjacent to an activating group) is 1. The molecule has 0 radical (unpaired) electrons. The molecule has 3 N–H and O–H groups in total. The lowest BCUT2D eigenvalue weighted by Crippen LogP contribution is -2.49. The van der Waals surface area contributed by atoms with Crippen LogP contribution in [0.5, 0.6) is 0 Å². The van der Waals surface area contributed by atoms with Crippen molar-refractivity contribution in [3.63, 3.8) is 0 Å². The van der Waals surface area contributed by atoms with Crippen LogP contribution in [-0.4, -0.2) is 36.0 Å². The van der Waals surface area contributed by atoms with Gasteiger partial charge in [0.25, 0.3) is 0 Å². The Morgan fingerprint density at radius 2 is 2.53 bits per heavy atom. The van der Waals surface area contributed by atoms with E-state index in [0.29, 0.717) is 6.04 Å². The molecule has 2 rings (SSSR count). The molecule has 1 aromatic rings. The molecule has 5 heteroatoms. The van der Waals surface area contributed by atoms with Crippen molar-refractivity contribution in [3.8, 4) is 0 Å². The summed E-state index contributed by atoms with van der Waals surface area (Å²) in [5.41, 5.74) is 2.96. The largest absolute Gasteiger partial charge is 0.300 e. The molecule has 1 aromatic heterocycles. The molecule has 0 spiro atoms. The third kappa shape index (κ3) is 2.54. The van der Waals surface area contributed by atoms with Crippen molar-refractivity contribution in [2.75, 3.05) is 25.1 Å². The minimum absolute atomic E-state index is 0.266. The van der Waals surface area contributed by atoms with Gasteiger partial charge < -0.3 is 0 Å². The molecule has 2 heterocycles. The number of thiophene rings is 1. The summed E-state index contributed by atoms with van der Waals surface area (Å²) in [6.07, 6.45) is 0. The number of nitrogens with two attached hydrogens (primary N) is 1. The predicted molar refractivity (Wildman–Crippen MR) is 68.1 cm³/mol. The first-order valence-electron chi connectivity index (χ1n) is 5.10. The van der Waals surface area contributed by atoms with Gasteiger partial charge in [-0.25, -0.2) is 0 Å². The third-order valence-electron chi connectivity index (χ3n) is 2.86. The zero-order valence-corrected chi connectivity index (χ0v) is 10.5. The van der Waals surface area contributed by atoms with Gasteiger partial charge >= 0.3 is 0 Å².